The number of rotatable bonds is 5. The quantitative estimate of drug-likeness (QED) is 0.866. The van der Waals surface area contributed by atoms with Crippen molar-refractivity contribution in [3.63, 3.8) is 0 Å². The van der Waals surface area contributed by atoms with Gasteiger partial charge in [0.1, 0.15) is 0 Å². The molecule has 0 aliphatic rings. The van der Waals surface area contributed by atoms with Gasteiger partial charge in [-0.2, -0.15) is 0 Å². The zero-order valence-electron chi connectivity index (χ0n) is 9.79. The molecule has 0 aliphatic carbocycles. The molecule has 0 saturated carbocycles. The van der Waals surface area contributed by atoms with Gasteiger partial charge in [-0.25, -0.2) is 0 Å². The van der Waals surface area contributed by atoms with Gasteiger partial charge in [-0.15, -0.1) is 0 Å². The number of ether oxygens (including phenoxy) is 2. The Balaban J connectivity index is 3.02. The molecular formula is C12H17ClO3. The lowest BCUT2D eigenvalue weighted by atomic mass is 10.2. The van der Waals surface area contributed by atoms with Crippen LogP contribution in [0.1, 0.15) is 19.4 Å². The second-order valence-corrected chi connectivity index (χ2v) is 4.40. The predicted octanol–water partition coefficient (Wildman–Crippen LogP) is 2.88. The topological polar surface area (TPSA) is 38.7 Å². The summed E-state index contributed by atoms with van der Waals surface area (Å²) in [4.78, 5) is 0. The van der Waals surface area contributed by atoms with Crippen molar-refractivity contribution in [1.29, 1.82) is 0 Å². The lowest BCUT2D eigenvalue weighted by molar-refractivity contribution is 0.236. The van der Waals surface area contributed by atoms with E-state index in [9.17, 15) is 5.11 Å². The van der Waals surface area contributed by atoms with Gasteiger partial charge in [0.2, 0.25) is 0 Å². The highest BCUT2D eigenvalue weighted by molar-refractivity contribution is 6.30. The Morgan fingerprint density at radius 3 is 2.56 bits per heavy atom. The molecule has 0 bridgehead atoms. The fourth-order valence-electron chi connectivity index (χ4n) is 1.31. The molecule has 0 spiro atoms. The Hall–Kier alpha value is -0.930. The number of methoxy groups -OCH3 is 1. The van der Waals surface area contributed by atoms with E-state index in [-0.39, 0.29) is 6.61 Å². The minimum Gasteiger partial charge on any atom is -0.493 e. The van der Waals surface area contributed by atoms with Crippen LogP contribution in [0.25, 0.3) is 0 Å². The van der Waals surface area contributed by atoms with E-state index in [2.05, 4.69) is 13.8 Å². The van der Waals surface area contributed by atoms with Gasteiger partial charge in [-0.05, 0) is 12.0 Å². The van der Waals surface area contributed by atoms with Gasteiger partial charge in [0.15, 0.2) is 11.5 Å². The fraction of sp³-hybridized carbons (Fsp3) is 0.500. The highest BCUT2D eigenvalue weighted by Crippen LogP contribution is 2.35. The minimum absolute atomic E-state index is 0.121. The molecule has 4 heteroatoms. The van der Waals surface area contributed by atoms with Crippen molar-refractivity contribution in [3.05, 3.63) is 22.7 Å². The van der Waals surface area contributed by atoms with Gasteiger partial charge in [-0.3, -0.25) is 0 Å². The Kier molecular flexibility index (Phi) is 4.90. The highest BCUT2D eigenvalue weighted by Gasteiger charge is 2.12. The second kappa shape index (κ2) is 5.97. The zero-order chi connectivity index (χ0) is 12.1. The summed E-state index contributed by atoms with van der Waals surface area (Å²) in [6.07, 6.45) is 0. The Morgan fingerprint density at radius 1 is 1.38 bits per heavy atom. The van der Waals surface area contributed by atoms with Crippen LogP contribution in [0.5, 0.6) is 11.5 Å². The maximum atomic E-state index is 9.23. The van der Waals surface area contributed by atoms with E-state index in [0.29, 0.717) is 34.6 Å². The number of hydrogen-bond donors (Lipinski definition) is 1. The number of aliphatic hydroxyl groups is 1. The van der Waals surface area contributed by atoms with E-state index >= 15 is 0 Å². The molecule has 0 radical (unpaired) electrons. The maximum Gasteiger partial charge on any atom is 0.166 e. The molecule has 0 fully saturated rings. The third kappa shape index (κ3) is 3.29. The first kappa shape index (κ1) is 13.1. The molecule has 1 aromatic rings. The first-order valence-corrected chi connectivity index (χ1v) is 5.56. The molecule has 0 unspecified atom stereocenters. The molecule has 1 rings (SSSR count). The van der Waals surface area contributed by atoms with Crippen molar-refractivity contribution >= 4 is 11.6 Å². The number of benzene rings is 1. The minimum atomic E-state index is -0.121. The molecule has 0 aromatic heterocycles. The van der Waals surface area contributed by atoms with Crippen molar-refractivity contribution in [2.45, 2.75) is 20.5 Å². The summed E-state index contributed by atoms with van der Waals surface area (Å²) in [5, 5.41) is 9.76. The third-order valence-electron chi connectivity index (χ3n) is 2.05. The first-order valence-electron chi connectivity index (χ1n) is 5.18. The van der Waals surface area contributed by atoms with Crippen LogP contribution in [-0.2, 0) is 6.61 Å². The average Bonchev–Trinajstić information content (AvgIpc) is 2.25. The van der Waals surface area contributed by atoms with Crippen molar-refractivity contribution < 1.29 is 14.6 Å². The molecule has 0 saturated heterocycles. The van der Waals surface area contributed by atoms with Crippen LogP contribution in [-0.4, -0.2) is 18.8 Å². The summed E-state index contributed by atoms with van der Waals surface area (Å²) in [6, 6.07) is 3.36. The van der Waals surface area contributed by atoms with E-state index in [4.69, 9.17) is 21.1 Å². The van der Waals surface area contributed by atoms with Crippen molar-refractivity contribution in [3.8, 4) is 11.5 Å². The molecule has 3 nitrogen and oxygen atoms in total. The van der Waals surface area contributed by atoms with Gasteiger partial charge >= 0.3 is 0 Å². The Morgan fingerprint density at radius 2 is 2.06 bits per heavy atom. The van der Waals surface area contributed by atoms with Gasteiger partial charge in [0.25, 0.3) is 0 Å². The lowest BCUT2D eigenvalue weighted by Gasteiger charge is -2.15. The van der Waals surface area contributed by atoms with E-state index in [1.807, 2.05) is 0 Å². The summed E-state index contributed by atoms with van der Waals surface area (Å²) in [5.74, 6) is 1.53. The van der Waals surface area contributed by atoms with E-state index in [1.165, 1.54) is 0 Å². The van der Waals surface area contributed by atoms with Gasteiger partial charge in [0.05, 0.1) is 20.3 Å². The standard InChI is InChI=1S/C12H17ClO3/c1-8(2)7-16-12-9(6-14)4-10(13)5-11(12)15-3/h4-5,8,14H,6-7H2,1-3H3. The zero-order valence-corrected chi connectivity index (χ0v) is 10.5. The van der Waals surface area contributed by atoms with Crippen molar-refractivity contribution in [2.75, 3.05) is 13.7 Å². The van der Waals surface area contributed by atoms with Gasteiger partial charge in [0, 0.05) is 16.7 Å². The third-order valence-corrected chi connectivity index (χ3v) is 2.27. The van der Waals surface area contributed by atoms with Crippen molar-refractivity contribution in [2.24, 2.45) is 5.92 Å². The summed E-state index contributed by atoms with van der Waals surface area (Å²) < 4.78 is 10.8. The van der Waals surface area contributed by atoms with Crippen LogP contribution < -0.4 is 9.47 Å². The average molecular weight is 245 g/mol. The predicted molar refractivity (Wildman–Crippen MR) is 64.3 cm³/mol. The Labute approximate surface area is 101 Å². The normalized spacial score (nSPS) is 10.6. The van der Waals surface area contributed by atoms with Crippen LogP contribution in [0.2, 0.25) is 5.02 Å². The summed E-state index contributed by atoms with van der Waals surface area (Å²) in [5.41, 5.74) is 0.644. The number of halogens is 1. The molecule has 1 N–H and O–H groups in total. The summed E-state index contributed by atoms with van der Waals surface area (Å²) in [7, 11) is 1.55. The van der Waals surface area contributed by atoms with E-state index in [0.717, 1.165) is 0 Å². The van der Waals surface area contributed by atoms with E-state index < -0.39 is 0 Å². The van der Waals surface area contributed by atoms with Crippen LogP contribution in [0.3, 0.4) is 0 Å². The van der Waals surface area contributed by atoms with Crippen LogP contribution in [0, 0.1) is 5.92 Å². The molecule has 16 heavy (non-hydrogen) atoms. The van der Waals surface area contributed by atoms with Gasteiger partial charge < -0.3 is 14.6 Å². The first-order chi connectivity index (χ1) is 7.58. The fourth-order valence-corrected chi connectivity index (χ4v) is 1.54. The maximum absolute atomic E-state index is 9.23. The number of aliphatic hydroxyl groups excluding tert-OH is 1. The molecule has 90 valence electrons. The second-order valence-electron chi connectivity index (χ2n) is 3.96. The SMILES string of the molecule is COc1cc(Cl)cc(CO)c1OCC(C)C. The Bertz CT molecular complexity index is 325. The van der Waals surface area contributed by atoms with Crippen LogP contribution in [0.15, 0.2) is 12.1 Å². The summed E-state index contributed by atoms with van der Waals surface area (Å²) in [6.45, 7) is 4.57. The van der Waals surface area contributed by atoms with Crippen LogP contribution >= 0.6 is 11.6 Å². The number of hydrogen-bond acceptors (Lipinski definition) is 3. The smallest absolute Gasteiger partial charge is 0.166 e. The molecular weight excluding hydrogens is 228 g/mol. The van der Waals surface area contributed by atoms with E-state index in [1.54, 1.807) is 19.2 Å². The monoisotopic (exact) mass is 244 g/mol. The molecule has 0 heterocycles. The molecule has 0 amide bonds. The lowest BCUT2D eigenvalue weighted by Crippen LogP contribution is -2.07. The highest BCUT2D eigenvalue weighted by atomic mass is 35.5. The van der Waals surface area contributed by atoms with Crippen LogP contribution in [0.4, 0.5) is 0 Å². The summed E-state index contributed by atoms with van der Waals surface area (Å²) >= 11 is 5.90. The molecule has 0 aliphatic heterocycles. The largest absolute Gasteiger partial charge is 0.493 e. The molecule has 1 aromatic carbocycles. The van der Waals surface area contributed by atoms with Crippen molar-refractivity contribution in [1.82, 2.24) is 0 Å². The molecule has 0 atom stereocenters. The van der Waals surface area contributed by atoms with Gasteiger partial charge in [-0.1, -0.05) is 25.4 Å².